The van der Waals surface area contributed by atoms with E-state index in [1.807, 2.05) is 42.5 Å². The fraction of sp³-hybridized carbons (Fsp3) is 0.207. The summed E-state index contributed by atoms with van der Waals surface area (Å²) < 4.78 is 27.8. The highest BCUT2D eigenvalue weighted by Gasteiger charge is 2.14. The van der Waals surface area contributed by atoms with Crippen LogP contribution in [0, 0.1) is 0 Å². The molecule has 0 spiro atoms. The molecule has 39 heavy (non-hydrogen) atoms. The average Bonchev–Trinajstić information content (AvgIpc) is 2.98. The van der Waals surface area contributed by atoms with Gasteiger partial charge in [-0.2, -0.15) is 0 Å². The van der Waals surface area contributed by atoms with Crippen LogP contribution in [-0.2, 0) is 0 Å². The quantitative estimate of drug-likeness (QED) is 0.254. The van der Waals surface area contributed by atoms with E-state index < -0.39 is 0 Å². The van der Waals surface area contributed by atoms with E-state index in [-0.39, 0.29) is 19.3 Å². The molecule has 3 heterocycles. The Morgan fingerprint density at radius 2 is 1.49 bits per heavy atom. The number of ether oxygens (including phenoxy) is 5. The van der Waals surface area contributed by atoms with Crippen molar-refractivity contribution in [3.63, 3.8) is 0 Å². The van der Waals surface area contributed by atoms with Crippen LogP contribution in [0.5, 0.6) is 28.7 Å². The SMILES string of the molecule is COc1cccc(OC[C@@H](N)COc2cncc(-c3cc4c(cnc5cc(OC)c(OC)cc54)c(N)n3)c2)c1. The normalized spacial score (nSPS) is 11.8. The number of nitrogens with two attached hydrogens (primary N) is 2. The molecule has 0 aliphatic rings. The topological polar surface area (TPSA) is 137 Å². The first-order valence-electron chi connectivity index (χ1n) is 12.2. The number of fused-ring (bicyclic) bond motifs is 3. The highest BCUT2D eigenvalue weighted by Crippen LogP contribution is 2.37. The van der Waals surface area contributed by atoms with E-state index in [0.29, 0.717) is 40.3 Å². The van der Waals surface area contributed by atoms with Gasteiger partial charge in [0.2, 0.25) is 0 Å². The number of hydrogen-bond donors (Lipinski definition) is 2. The van der Waals surface area contributed by atoms with Crippen molar-refractivity contribution in [3.8, 4) is 40.0 Å². The second kappa shape index (κ2) is 11.3. The highest BCUT2D eigenvalue weighted by atomic mass is 16.5. The lowest BCUT2D eigenvalue weighted by Crippen LogP contribution is -2.34. The predicted octanol–water partition coefficient (Wildman–Crippen LogP) is 4.24. The third-order valence-electron chi connectivity index (χ3n) is 6.19. The number of methoxy groups -OCH3 is 3. The summed E-state index contributed by atoms with van der Waals surface area (Å²) in [6.07, 6.45) is 5.04. The third-order valence-corrected chi connectivity index (χ3v) is 6.19. The van der Waals surface area contributed by atoms with Gasteiger partial charge in [-0.25, -0.2) is 4.98 Å². The fourth-order valence-corrected chi connectivity index (χ4v) is 4.19. The first-order chi connectivity index (χ1) is 19.0. The summed E-state index contributed by atoms with van der Waals surface area (Å²) in [5, 5.41) is 2.48. The number of nitrogen functional groups attached to an aromatic ring is 1. The van der Waals surface area contributed by atoms with E-state index >= 15 is 0 Å². The zero-order chi connectivity index (χ0) is 27.4. The predicted molar refractivity (Wildman–Crippen MR) is 150 cm³/mol. The van der Waals surface area contributed by atoms with Crippen LogP contribution < -0.4 is 35.2 Å². The summed E-state index contributed by atoms with van der Waals surface area (Å²) in [6, 6.07) is 14.5. The van der Waals surface area contributed by atoms with Crippen molar-refractivity contribution in [2.75, 3.05) is 40.3 Å². The Labute approximate surface area is 225 Å². The Morgan fingerprint density at radius 1 is 0.744 bits per heavy atom. The maximum atomic E-state index is 6.35. The largest absolute Gasteiger partial charge is 0.497 e. The summed E-state index contributed by atoms with van der Waals surface area (Å²) in [7, 11) is 4.79. The van der Waals surface area contributed by atoms with E-state index in [4.69, 9.17) is 35.2 Å². The van der Waals surface area contributed by atoms with Crippen LogP contribution >= 0.6 is 0 Å². The van der Waals surface area contributed by atoms with Gasteiger partial charge in [0.15, 0.2) is 11.5 Å². The maximum Gasteiger partial charge on any atom is 0.162 e. The first kappa shape index (κ1) is 25.8. The van der Waals surface area contributed by atoms with E-state index in [1.165, 1.54) is 0 Å². The smallest absolute Gasteiger partial charge is 0.162 e. The van der Waals surface area contributed by atoms with Crippen LogP contribution in [0.4, 0.5) is 5.82 Å². The molecule has 0 fully saturated rings. The van der Waals surface area contributed by atoms with E-state index in [0.717, 1.165) is 27.2 Å². The average molecular weight is 528 g/mol. The van der Waals surface area contributed by atoms with Gasteiger partial charge in [0.1, 0.15) is 36.3 Å². The van der Waals surface area contributed by atoms with Crippen LogP contribution in [0.15, 0.2) is 67.1 Å². The van der Waals surface area contributed by atoms with Crippen molar-refractivity contribution in [3.05, 3.63) is 67.1 Å². The summed E-state index contributed by atoms with van der Waals surface area (Å²) in [6.45, 7) is 0.513. The second-order valence-electron chi connectivity index (χ2n) is 8.81. The molecule has 1 atom stereocenters. The summed E-state index contributed by atoms with van der Waals surface area (Å²) in [5.74, 6) is 3.49. The van der Waals surface area contributed by atoms with Crippen molar-refractivity contribution < 1.29 is 23.7 Å². The van der Waals surface area contributed by atoms with Gasteiger partial charge in [0.25, 0.3) is 0 Å². The van der Waals surface area contributed by atoms with Crippen LogP contribution in [-0.4, -0.2) is 55.5 Å². The van der Waals surface area contributed by atoms with Crippen molar-refractivity contribution in [1.82, 2.24) is 15.0 Å². The van der Waals surface area contributed by atoms with Crippen molar-refractivity contribution in [2.45, 2.75) is 6.04 Å². The monoisotopic (exact) mass is 527 g/mol. The molecule has 0 saturated carbocycles. The number of hydrogen-bond acceptors (Lipinski definition) is 10. The molecule has 0 unspecified atom stereocenters. The molecule has 0 saturated heterocycles. The molecule has 200 valence electrons. The first-order valence-corrected chi connectivity index (χ1v) is 12.2. The van der Waals surface area contributed by atoms with Crippen LogP contribution in [0.2, 0.25) is 0 Å². The lowest BCUT2D eigenvalue weighted by atomic mass is 10.0. The molecule has 3 aromatic heterocycles. The number of pyridine rings is 3. The number of benzene rings is 2. The molecule has 4 N–H and O–H groups in total. The molecule has 0 aliphatic carbocycles. The molecule has 2 aromatic carbocycles. The zero-order valence-corrected chi connectivity index (χ0v) is 21.9. The minimum Gasteiger partial charge on any atom is -0.497 e. The second-order valence-corrected chi connectivity index (χ2v) is 8.81. The minimum absolute atomic E-state index is 0.236. The lowest BCUT2D eigenvalue weighted by Gasteiger charge is -2.15. The van der Waals surface area contributed by atoms with Gasteiger partial charge in [0.05, 0.1) is 44.8 Å². The van der Waals surface area contributed by atoms with Gasteiger partial charge in [0, 0.05) is 40.9 Å². The molecule has 5 rings (SSSR count). The molecule has 5 aromatic rings. The van der Waals surface area contributed by atoms with Gasteiger partial charge in [-0.1, -0.05) is 6.07 Å². The Balaban J connectivity index is 1.36. The molecule has 10 nitrogen and oxygen atoms in total. The van der Waals surface area contributed by atoms with Crippen molar-refractivity contribution in [1.29, 1.82) is 0 Å². The Hall–Kier alpha value is -4.83. The fourth-order valence-electron chi connectivity index (χ4n) is 4.19. The van der Waals surface area contributed by atoms with Crippen LogP contribution in [0.1, 0.15) is 0 Å². The summed E-state index contributed by atoms with van der Waals surface area (Å²) in [4.78, 5) is 13.5. The number of anilines is 1. The third kappa shape index (κ3) is 5.55. The summed E-state index contributed by atoms with van der Waals surface area (Å²) in [5.41, 5.74) is 14.7. The maximum absolute atomic E-state index is 6.35. The minimum atomic E-state index is -0.361. The molecule has 0 aliphatic heterocycles. The van der Waals surface area contributed by atoms with E-state index in [1.54, 1.807) is 46.0 Å². The molecule has 0 radical (unpaired) electrons. The molecule has 0 amide bonds. The van der Waals surface area contributed by atoms with Gasteiger partial charge < -0.3 is 35.2 Å². The standard InChI is InChI=1S/C29H29N5O5/c1-35-19-5-4-6-20(8-19)38-15-18(30)16-39-21-7-17(12-32-13-21)25-9-22-23-10-27(36-2)28(37-3)11-26(23)33-14-24(22)29(31)34-25/h4-14,18H,15-16,30H2,1-3H3,(H2,31,34)/t18-/m1/s1. The van der Waals surface area contributed by atoms with Gasteiger partial charge >= 0.3 is 0 Å². The molecule has 0 bridgehead atoms. The molecular weight excluding hydrogens is 498 g/mol. The Bertz CT molecular complexity index is 1630. The van der Waals surface area contributed by atoms with Crippen LogP contribution in [0.25, 0.3) is 32.9 Å². The van der Waals surface area contributed by atoms with Crippen molar-refractivity contribution in [2.24, 2.45) is 5.73 Å². The van der Waals surface area contributed by atoms with Crippen LogP contribution in [0.3, 0.4) is 0 Å². The lowest BCUT2D eigenvalue weighted by molar-refractivity contribution is 0.219. The van der Waals surface area contributed by atoms with Gasteiger partial charge in [-0.05, 0) is 35.7 Å². The molecule has 10 heteroatoms. The van der Waals surface area contributed by atoms with Gasteiger partial charge in [-0.3, -0.25) is 9.97 Å². The Kier molecular flexibility index (Phi) is 7.46. The number of rotatable bonds is 10. The Morgan fingerprint density at radius 3 is 2.26 bits per heavy atom. The highest BCUT2D eigenvalue weighted by molar-refractivity contribution is 6.10. The van der Waals surface area contributed by atoms with E-state index in [9.17, 15) is 0 Å². The number of nitrogens with zero attached hydrogens (tertiary/aromatic N) is 3. The van der Waals surface area contributed by atoms with E-state index in [2.05, 4.69) is 15.0 Å². The van der Waals surface area contributed by atoms with Gasteiger partial charge in [-0.15, -0.1) is 0 Å². The van der Waals surface area contributed by atoms with Crippen molar-refractivity contribution >= 4 is 27.5 Å². The number of aromatic nitrogens is 3. The molecular formula is C29H29N5O5. The summed E-state index contributed by atoms with van der Waals surface area (Å²) >= 11 is 0. The zero-order valence-electron chi connectivity index (χ0n) is 21.9.